The molecule has 0 aliphatic rings. The lowest BCUT2D eigenvalue weighted by molar-refractivity contribution is 0.628. The molecule has 0 radical (unpaired) electrons. The molecule has 17 heavy (non-hydrogen) atoms. The van der Waals surface area contributed by atoms with Gasteiger partial charge in [0.2, 0.25) is 0 Å². The van der Waals surface area contributed by atoms with Gasteiger partial charge >= 0.3 is 0 Å². The van der Waals surface area contributed by atoms with Crippen molar-refractivity contribution in [2.45, 2.75) is 6.42 Å². The molecule has 0 bridgehead atoms. The summed E-state index contributed by atoms with van der Waals surface area (Å²) in [6.45, 7) is 0.604. The lowest BCUT2D eigenvalue weighted by Gasteiger charge is -2.08. The van der Waals surface area contributed by atoms with Crippen molar-refractivity contribution >= 4 is 12.4 Å². The van der Waals surface area contributed by atoms with Crippen LogP contribution in [-0.4, -0.2) is 6.54 Å². The van der Waals surface area contributed by atoms with Crippen LogP contribution in [0.1, 0.15) is 5.56 Å². The van der Waals surface area contributed by atoms with Crippen LogP contribution in [-0.2, 0) is 6.42 Å². The van der Waals surface area contributed by atoms with Gasteiger partial charge in [-0.25, -0.2) is 4.39 Å². The van der Waals surface area contributed by atoms with Gasteiger partial charge in [0.25, 0.3) is 0 Å². The van der Waals surface area contributed by atoms with Gasteiger partial charge in [-0.15, -0.1) is 12.4 Å². The summed E-state index contributed by atoms with van der Waals surface area (Å²) < 4.78 is 13.1. The molecule has 2 aromatic carbocycles. The molecule has 1 nitrogen and oxygen atoms in total. The largest absolute Gasteiger partial charge is 0.330 e. The molecular formula is C14H15ClFN. The van der Waals surface area contributed by atoms with Crippen molar-refractivity contribution in [1.29, 1.82) is 0 Å². The Balaban J connectivity index is 0.00000144. The minimum Gasteiger partial charge on any atom is -0.330 e. The number of benzene rings is 2. The SMILES string of the molecule is Cl.NCCc1ccccc1-c1cccc(F)c1. The van der Waals surface area contributed by atoms with E-state index in [1.165, 1.54) is 6.07 Å². The van der Waals surface area contributed by atoms with E-state index in [9.17, 15) is 4.39 Å². The van der Waals surface area contributed by atoms with Crippen LogP contribution in [0, 0.1) is 5.82 Å². The molecule has 0 amide bonds. The van der Waals surface area contributed by atoms with Crippen molar-refractivity contribution in [1.82, 2.24) is 0 Å². The van der Waals surface area contributed by atoms with Crippen molar-refractivity contribution < 1.29 is 4.39 Å². The molecule has 0 atom stereocenters. The predicted molar refractivity (Wildman–Crippen MR) is 71.8 cm³/mol. The monoisotopic (exact) mass is 251 g/mol. The Bertz CT molecular complexity index is 485. The predicted octanol–water partition coefficient (Wildman–Crippen LogP) is 3.42. The fourth-order valence-electron chi connectivity index (χ4n) is 1.83. The molecule has 0 saturated heterocycles. The molecule has 0 fully saturated rings. The molecule has 3 heteroatoms. The maximum absolute atomic E-state index is 13.1. The van der Waals surface area contributed by atoms with Crippen molar-refractivity contribution in [3.05, 3.63) is 59.9 Å². The summed E-state index contributed by atoms with van der Waals surface area (Å²) in [7, 11) is 0. The molecule has 0 aliphatic carbocycles. The molecule has 0 saturated carbocycles. The molecule has 90 valence electrons. The number of nitrogens with two attached hydrogens (primary N) is 1. The van der Waals surface area contributed by atoms with E-state index in [-0.39, 0.29) is 18.2 Å². The smallest absolute Gasteiger partial charge is 0.123 e. The maximum Gasteiger partial charge on any atom is 0.123 e. The van der Waals surface area contributed by atoms with Crippen LogP contribution in [0.4, 0.5) is 4.39 Å². The first-order valence-corrected chi connectivity index (χ1v) is 5.35. The molecular weight excluding hydrogens is 237 g/mol. The van der Waals surface area contributed by atoms with Crippen molar-refractivity contribution in [3.63, 3.8) is 0 Å². The molecule has 0 unspecified atom stereocenters. The van der Waals surface area contributed by atoms with E-state index < -0.39 is 0 Å². The fourth-order valence-corrected chi connectivity index (χ4v) is 1.83. The number of hydrogen-bond acceptors (Lipinski definition) is 1. The zero-order valence-corrected chi connectivity index (χ0v) is 10.2. The highest BCUT2D eigenvalue weighted by Crippen LogP contribution is 2.24. The van der Waals surface area contributed by atoms with Gasteiger partial charge in [0.15, 0.2) is 0 Å². The highest BCUT2D eigenvalue weighted by Gasteiger charge is 2.04. The van der Waals surface area contributed by atoms with Crippen molar-refractivity contribution in [2.24, 2.45) is 5.73 Å². The van der Waals surface area contributed by atoms with Crippen LogP contribution < -0.4 is 5.73 Å². The highest BCUT2D eigenvalue weighted by molar-refractivity contribution is 5.85. The van der Waals surface area contributed by atoms with Crippen LogP contribution in [0.3, 0.4) is 0 Å². The average Bonchev–Trinajstić information content (AvgIpc) is 2.30. The molecule has 0 aliphatic heterocycles. The number of rotatable bonds is 3. The van der Waals surface area contributed by atoms with Gasteiger partial charge in [0, 0.05) is 0 Å². The van der Waals surface area contributed by atoms with Gasteiger partial charge in [-0.2, -0.15) is 0 Å². The average molecular weight is 252 g/mol. The van der Waals surface area contributed by atoms with Crippen LogP contribution >= 0.6 is 12.4 Å². The van der Waals surface area contributed by atoms with Crippen LogP contribution in [0.15, 0.2) is 48.5 Å². The standard InChI is InChI=1S/C14H14FN.ClH/c15-13-6-3-5-12(10-13)14-7-2-1-4-11(14)8-9-16;/h1-7,10H,8-9,16H2;1H. The van der Waals surface area contributed by atoms with Gasteiger partial charge in [0.1, 0.15) is 5.82 Å². The van der Waals surface area contributed by atoms with Crippen LogP contribution in [0.25, 0.3) is 11.1 Å². The van der Waals surface area contributed by atoms with E-state index in [0.29, 0.717) is 6.54 Å². The maximum atomic E-state index is 13.1. The molecule has 2 N–H and O–H groups in total. The number of hydrogen-bond donors (Lipinski definition) is 1. The topological polar surface area (TPSA) is 26.0 Å². The lowest BCUT2D eigenvalue weighted by atomic mass is 9.98. The Labute approximate surface area is 107 Å². The van der Waals surface area contributed by atoms with Crippen molar-refractivity contribution in [3.8, 4) is 11.1 Å². The second kappa shape index (κ2) is 6.38. The van der Waals surface area contributed by atoms with E-state index >= 15 is 0 Å². The summed E-state index contributed by atoms with van der Waals surface area (Å²) in [4.78, 5) is 0. The minimum atomic E-state index is -0.208. The Kier molecular flexibility index (Phi) is 5.13. The Morgan fingerprint density at radius 3 is 2.47 bits per heavy atom. The van der Waals surface area contributed by atoms with Crippen LogP contribution in [0.5, 0.6) is 0 Å². The minimum absolute atomic E-state index is 0. The zero-order chi connectivity index (χ0) is 11.4. The van der Waals surface area contributed by atoms with Gasteiger partial charge in [-0.3, -0.25) is 0 Å². The van der Waals surface area contributed by atoms with Crippen molar-refractivity contribution in [2.75, 3.05) is 6.54 Å². The summed E-state index contributed by atoms with van der Waals surface area (Å²) >= 11 is 0. The third kappa shape index (κ3) is 3.29. The first kappa shape index (κ1) is 13.7. The second-order valence-corrected chi connectivity index (χ2v) is 3.71. The third-order valence-corrected chi connectivity index (χ3v) is 2.57. The third-order valence-electron chi connectivity index (χ3n) is 2.57. The Morgan fingerprint density at radius 2 is 1.76 bits per heavy atom. The van der Waals surface area contributed by atoms with Crippen LogP contribution in [0.2, 0.25) is 0 Å². The molecule has 0 heterocycles. The lowest BCUT2D eigenvalue weighted by Crippen LogP contribution is -2.03. The Morgan fingerprint density at radius 1 is 1.00 bits per heavy atom. The van der Waals surface area contributed by atoms with E-state index in [2.05, 4.69) is 0 Å². The normalized spacial score (nSPS) is 9.76. The summed E-state index contributed by atoms with van der Waals surface area (Å²) in [5.41, 5.74) is 8.69. The molecule has 2 rings (SSSR count). The first-order chi connectivity index (χ1) is 7.81. The van der Waals surface area contributed by atoms with Gasteiger partial charge in [-0.05, 0) is 41.8 Å². The van der Waals surface area contributed by atoms with Gasteiger partial charge < -0.3 is 5.73 Å². The zero-order valence-electron chi connectivity index (χ0n) is 9.40. The molecule has 0 aromatic heterocycles. The number of halogens is 2. The summed E-state index contributed by atoms with van der Waals surface area (Å²) in [6.07, 6.45) is 0.812. The molecule has 2 aromatic rings. The quantitative estimate of drug-likeness (QED) is 0.889. The van der Waals surface area contributed by atoms with E-state index in [0.717, 1.165) is 23.1 Å². The highest BCUT2D eigenvalue weighted by atomic mass is 35.5. The Hall–Kier alpha value is -1.38. The fraction of sp³-hybridized carbons (Fsp3) is 0.143. The van der Waals surface area contributed by atoms with Gasteiger partial charge in [0.05, 0.1) is 0 Å². The summed E-state index contributed by atoms with van der Waals surface area (Å²) in [5, 5.41) is 0. The van der Waals surface area contributed by atoms with Gasteiger partial charge in [-0.1, -0.05) is 36.4 Å². The summed E-state index contributed by atoms with van der Waals surface area (Å²) in [6, 6.07) is 14.6. The molecule has 0 spiro atoms. The van der Waals surface area contributed by atoms with E-state index in [1.54, 1.807) is 12.1 Å². The second-order valence-electron chi connectivity index (χ2n) is 3.71. The summed E-state index contributed by atoms with van der Waals surface area (Å²) in [5.74, 6) is -0.208. The van der Waals surface area contributed by atoms with E-state index in [4.69, 9.17) is 5.73 Å². The van der Waals surface area contributed by atoms with E-state index in [1.807, 2.05) is 30.3 Å². The first-order valence-electron chi connectivity index (χ1n) is 5.35.